The summed E-state index contributed by atoms with van der Waals surface area (Å²) < 4.78 is 1.18. The van der Waals surface area contributed by atoms with Crippen molar-refractivity contribution in [2.45, 2.75) is 45.7 Å². The quantitative estimate of drug-likeness (QED) is 0.891. The van der Waals surface area contributed by atoms with Crippen molar-refractivity contribution >= 4 is 17.5 Å². The first kappa shape index (κ1) is 18.8. The molecule has 1 aromatic carbocycles. The van der Waals surface area contributed by atoms with Crippen molar-refractivity contribution in [3.05, 3.63) is 58.0 Å². The molecule has 2 aromatic rings. The Labute approximate surface area is 158 Å². The number of nitrogens with one attached hydrogen (secondary N) is 1. The van der Waals surface area contributed by atoms with E-state index in [9.17, 15) is 14.4 Å². The van der Waals surface area contributed by atoms with Crippen molar-refractivity contribution < 1.29 is 9.59 Å². The lowest BCUT2D eigenvalue weighted by Gasteiger charge is -2.20. The van der Waals surface area contributed by atoms with Crippen LogP contribution < -0.4 is 15.8 Å². The number of aromatic nitrogens is 2. The fourth-order valence-electron chi connectivity index (χ4n) is 3.10. The maximum Gasteiger partial charge on any atom is 0.278 e. The molecule has 1 aliphatic heterocycles. The van der Waals surface area contributed by atoms with Gasteiger partial charge in [-0.15, -0.1) is 0 Å². The molecule has 1 aliphatic rings. The molecule has 7 nitrogen and oxygen atoms in total. The topological polar surface area (TPSA) is 84.3 Å². The van der Waals surface area contributed by atoms with Crippen LogP contribution in [-0.2, 0) is 17.8 Å². The van der Waals surface area contributed by atoms with Crippen LogP contribution in [0.3, 0.4) is 0 Å². The lowest BCUT2D eigenvalue weighted by Crippen LogP contribution is -2.41. The van der Waals surface area contributed by atoms with Gasteiger partial charge in [-0.3, -0.25) is 14.4 Å². The van der Waals surface area contributed by atoms with Crippen LogP contribution in [0.2, 0.25) is 0 Å². The largest absolute Gasteiger partial charge is 0.351 e. The molecule has 1 N–H and O–H groups in total. The van der Waals surface area contributed by atoms with E-state index in [0.29, 0.717) is 6.54 Å². The van der Waals surface area contributed by atoms with Gasteiger partial charge in [-0.25, -0.2) is 4.68 Å². The smallest absolute Gasteiger partial charge is 0.278 e. The van der Waals surface area contributed by atoms with Gasteiger partial charge in [0.25, 0.3) is 11.5 Å². The van der Waals surface area contributed by atoms with E-state index >= 15 is 0 Å². The number of benzene rings is 1. The summed E-state index contributed by atoms with van der Waals surface area (Å²) in [4.78, 5) is 38.6. The molecule has 27 heavy (non-hydrogen) atoms. The number of para-hydroxylation sites is 1. The van der Waals surface area contributed by atoms with Crippen LogP contribution in [-0.4, -0.2) is 33.7 Å². The summed E-state index contributed by atoms with van der Waals surface area (Å²) in [5.74, 6) is -0.408. The minimum atomic E-state index is -0.337. The fourth-order valence-corrected chi connectivity index (χ4v) is 3.10. The lowest BCUT2D eigenvalue weighted by atomic mass is 10.1. The third kappa shape index (κ3) is 4.42. The molecule has 1 aromatic heterocycles. The van der Waals surface area contributed by atoms with Crippen molar-refractivity contribution in [1.82, 2.24) is 15.1 Å². The van der Waals surface area contributed by atoms with E-state index in [1.165, 1.54) is 16.8 Å². The summed E-state index contributed by atoms with van der Waals surface area (Å²) in [7, 11) is 0. The fraction of sp³-hybridized carbons (Fsp3) is 0.400. The van der Waals surface area contributed by atoms with Crippen molar-refractivity contribution in [3.63, 3.8) is 0 Å². The third-order valence-corrected chi connectivity index (χ3v) is 4.28. The number of fused-ring (bicyclic) bond motifs is 1. The van der Waals surface area contributed by atoms with E-state index in [-0.39, 0.29) is 41.6 Å². The maximum absolute atomic E-state index is 12.9. The molecule has 2 amide bonds. The zero-order chi connectivity index (χ0) is 19.6. The molecule has 0 aliphatic carbocycles. The molecule has 2 heterocycles. The standard InChI is InChI=1S/C20H24N4O3/c1-20(2,3)21-17(25)11-13-24-18(26)9-8-15(22-24)19(27)23-12-10-14-6-4-5-7-16(14)23/h4-9H,10-13H2,1-3H3,(H,21,25). The zero-order valence-electron chi connectivity index (χ0n) is 15.9. The second-order valence-electron chi connectivity index (χ2n) is 7.66. The molecular formula is C20H24N4O3. The van der Waals surface area contributed by atoms with Crippen molar-refractivity contribution in [1.29, 1.82) is 0 Å². The Morgan fingerprint density at radius 3 is 2.63 bits per heavy atom. The highest BCUT2D eigenvalue weighted by Gasteiger charge is 2.26. The van der Waals surface area contributed by atoms with Gasteiger partial charge < -0.3 is 10.2 Å². The molecule has 0 saturated carbocycles. The molecule has 0 fully saturated rings. The second-order valence-corrected chi connectivity index (χ2v) is 7.66. The van der Waals surface area contributed by atoms with E-state index in [1.54, 1.807) is 4.90 Å². The number of aryl methyl sites for hydroxylation is 1. The summed E-state index contributed by atoms with van der Waals surface area (Å²) in [6.45, 7) is 6.39. The van der Waals surface area contributed by atoms with Crippen molar-refractivity contribution in [2.75, 3.05) is 11.4 Å². The number of anilines is 1. The lowest BCUT2D eigenvalue weighted by molar-refractivity contribution is -0.122. The molecule has 7 heteroatoms. The zero-order valence-corrected chi connectivity index (χ0v) is 15.9. The van der Waals surface area contributed by atoms with Crippen molar-refractivity contribution in [3.8, 4) is 0 Å². The Bertz CT molecular complexity index is 927. The van der Waals surface area contributed by atoms with Crippen LogP contribution >= 0.6 is 0 Å². The summed E-state index contributed by atoms with van der Waals surface area (Å²) in [5.41, 5.74) is 1.53. The second kappa shape index (κ2) is 7.34. The van der Waals surface area contributed by atoms with Crippen LogP contribution in [0.15, 0.2) is 41.2 Å². The van der Waals surface area contributed by atoms with Gasteiger partial charge in [-0.2, -0.15) is 5.10 Å². The van der Waals surface area contributed by atoms with E-state index in [1.807, 2.05) is 45.0 Å². The molecule has 142 valence electrons. The van der Waals surface area contributed by atoms with Gasteiger partial charge in [0.15, 0.2) is 0 Å². The van der Waals surface area contributed by atoms with Gasteiger partial charge in [0, 0.05) is 30.3 Å². The predicted molar refractivity (Wildman–Crippen MR) is 103 cm³/mol. The molecule has 0 spiro atoms. The van der Waals surface area contributed by atoms with Gasteiger partial charge >= 0.3 is 0 Å². The Hall–Kier alpha value is -2.96. The molecule has 0 atom stereocenters. The van der Waals surface area contributed by atoms with E-state index in [4.69, 9.17) is 0 Å². The number of hydrogen-bond donors (Lipinski definition) is 1. The summed E-state index contributed by atoms with van der Waals surface area (Å²) in [6.07, 6.45) is 0.920. The number of hydrogen-bond acceptors (Lipinski definition) is 4. The molecule has 0 bridgehead atoms. The summed E-state index contributed by atoms with van der Waals surface area (Å²) in [5, 5.41) is 7.04. The third-order valence-electron chi connectivity index (χ3n) is 4.28. The number of amides is 2. The van der Waals surface area contributed by atoms with Crippen LogP contribution in [0, 0.1) is 0 Å². The first-order valence-electron chi connectivity index (χ1n) is 9.03. The van der Waals surface area contributed by atoms with Crippen LogP contribution in [0.1, 0.15) is 43.2 Å². The Balaban J connectivity index is 1.75. The molecule has 0 unspecified atom stereocenters. The first-order valence-corrected chi connectivity index (χ1v) is 9.03. The Kier molecular flexibility index (Phi) is 5.12. The predicted octanol–water partition coefficient (Wildman–Crippen LogP) is 1.75. The number of carbonyl (C=O) groups is 2. The number of rotatable bonds is 4. The van der Waals surface area contributed by atoms with Crippen LogP contribution in [0.5, 0.6) is 0 Å². The Morgan fingerprint density at radius 2 is 1.89 bits per heavy atom. The van der Waals surface area contributed by atoms with E-state index in [2.05, 4.69) is 10.4 Å². The molecule has 0 radical (unpaired) electrons. The SMILES string of the molecule is CC(C)(C)NC(=O)CCn1nc(C(=O)N2CCc3ccccc32)ccc1=O. The summed E-state index contributed by atoms with van der Waals surface area (Å²) >= 11 is 0. The normalized spacial score (nSPS) is 13.4. The molecule has 0 saturated heterocycles. The Morgan fingerprint density at radius 1 is 1.15 bits per heavy atom. The van der Waals surface area contributed by atoms with Gasteiger partial charge in [0.05, 0.1) is 6.54 Å². The van der Waals surface area contributed by atoms with Gasteiger partial charge in [0.2, 0.25) is 5.91 Å². The van der Waals surface area contributed by atoms with Gasteiger partial charge in [-0.05, 0) is 44.9 Å². The molecular weight excluding hydrogens is 344 g/mol. The first-order chi connectivity index (χ1) is 12.7. The minimum absolute atomic E-state index is 0.119. The van der Waals surface area contributed by atoms with Crippen LogP contribution in [0.25, 0.3) is 0 Å². The number of nitrogens with zero attached hydrogens (tertiary/aromatic N) is 3. The average molecular weight is 368 g/mol. The van der Waals surface area contributed by atoms with Gasteiger partial charge in [0.1, 0.15) is 5.69 Å². The number of carbonyl (C=O) groups excluding carboxylic acids is 2. The van der Waals surface area contributed by atoms with E-state index in [0.717, 1.165) is 17.7 Å². The highest BCUT2D eigenvalue weighted by Crippen LogP contribution is 2.28. The van der Waals surface area contributed by atoms with Crippen molar-refractivity contribution in [2.24, 2.45) is 0 Å². The maximum atomic E-state index is 12.9. The summed E-state index contributed by atoms with van der Waals surface area (Å²) in [6, 6.07) is 10.5. The monoisotopic (exact) mass is 368 g/mol. The minimum Gasteiger partial charge on any atom is -0.351 e. The average Bonchev–Trinajstić information content (AvgIpc) is 3.03. The molecule has 3 rings (SSSR count). The van der Waals surface area contributed by atoms with Crippen LogP contribution in [0.4, 0.5) is 5.69 Å². The highest BCUT2D eigenvalue weighted by atomic mass is 16.2. The van der Waals surface area contributed by atoms with Gasteiger partial charge in [-0.1, -0.05) is 18.2 Å². The highest BCUT2D eigenvalue weighted by molar-refractivity contribution is 6.05. The van der Waals surface area contributed by atoms with E-state index < -0.39 is 0 Å².